The second-order valence-electron chi connectivity index (χ2n) is 4.79. The number of hydrogen-bond donors (Lipinski definition) is 2. The lowest BCUT2D eigenvalue weighted by molar-refractivity contribution is -0.384. The van der Waals surface area contributed by atoms with Crippen molar-refractivity contribution in [1.29, 1.82) is 0 Å². The van der Waals surface area contributed by atoms with Gasteiger partial charge in [0.15, 0.2) is 0 Å². The Balaban J connectivity index is 2.83. The molecule has 9 nitrogen and oxygen atoms in total. The van der Waals surface area contributed by atoms with E-state index in [1.165, 1.54) is 30.2 Å². The van der Waals surface area contributed by atoms with E-state index >= 15 is 0 Å². The van der Waals surface area contributed by atoms with Gasteiger partial charge in [-0.3, -0.25) is 24.6 Å². The van der Waals surface area contributed by atoms with Gasteiger partial charge in [0.1, 0.15) is 11.4 Å². The SMILES string of the molecule is CCCN(CC(=O)O)CC(=O)Nc1ccc(OC)cc1[N+](=O)[O-]. The molecule has 0 aliphatic rings. The summed E-state index contributed by atoms with van der Waals surface area (Å²) in [5.74, 6) is -1.26. The van der Waals surface area contributed by atoms with Crippen LogP contribution in [0.4, 0.5) is 11.4 Å². The number of nitrogens with one attached hydrogen (secondary N) is 1. The van der Waals surface area contributed by atoms with E-state index < -0.39 is 16.8 Å². The molecule has 0 saturated heterocycles. The van der Waals surface area contributed by atoms with Crippen molar-refractivity contribution in [3.63, 3.8) is 0 Å². The first-order valence-electron chi connectivity index (χ1n) is 6.93. The highest BCUT2D eigenvalue weighted by Crippen LogP contribution is 2.28. The molecule has 0 aromatic heterocycles. The third-order valence-electron chi connectivity index (χ3n) is 2.94. The molecule has 0 bridgehead atoms. The summed E-state index contributed by atoms with van der Waals surface area (Å²) in [7, 11) is 1.38. The summed E-state index contributed by atoms with van der Waals surface area (Å²) in [4.78, 5) is 34.6. The molecule has 0 spiro atoms. The average molecular weight is 325 g/mol. The van der Waals surface area contributed by atoms with Crippen molar-refractivity contribution in [2.75, 3.05) is 32.1 Å². The highest BCUT2D eigenvalue weighted by atomic mass is 16.6. The van der Waals surface area contributed by atoms with E-state index in [4.69, 9.17) is 9.84 Å². The van der Waals surface area contributed by atoms with E-state index in [0.717, 1.165) is 0 Å². The van der Waals surface area contributed by atoms with Crippen molar-refractivity contribution in [2.45, 2.75) is 13.3 Å². The number of carbonyl (C=O) groups is 2. The fraction of sp³-hybridized carbons (Fsp3) is 0.429. The summed E-state index contributed by atoms with van der Waals surface area (Å²) in [6, 6.07) is 4.07. The lowest BCUT2D eigenvalue weighted by Gasteiger charge is -2.18. The number of nitro groups is 1. The molecule has 1 rings (SSSR count). The number of hydrogen-bond acceptors (Lipinski definition) is 6. The number of rotatable bonds is 9. The van der Waals surface area contributed by atoms with Gasteiger partial charge >= 0.3 is 5.97 Å². The van der Waals surface area contributed by atoms with Crippen LogP contribution in [-0.2, 0) is 9.59 Å². The van der Waals surface area contributed by atoms with Crippen molar-refractivity contribution in [1.82, 2.24) is 4.90 Å². The third kappa shape index (κ3) is 5.91. The van der Waals surface area contributed by atoms with Crippen LogP contribution in [0.2, 0.25) is 0 Å². The number of methoxy groups -OCH3 is 1. The van der Waals surface area contributed by atoms with Crippen LogP contribution in [-0.4, -0.2) is 53.6 Å². The number of nitrogens with zero attached hydrogens (tertiary/aromatic N) is 2. The van der Waals surface area contributed by atoms with Gasteiger partial charge < -0.3 is 15.2 Å². The normalized spacial score (nSPS) is 10.4. The fourth-order valence-corrected chi connectivity index (χ4v) is 2.01. The predicted octanol–water partition coefficient (Wildman–Crippen LogP) is 1.34. The van der Waals surface area contributed by atoms with Gasteiger partial charge in [-0.05, 0) is 25.1 Å². The van der Waals surface area contributed by atoms with Gasteiger partial charge in [0, 0.05) is 0 Å². The van der Waals surface area contributed by atoms with E-state index in [1.54, 1.807) is 0 Å². The molecule has 0 heterocycles. The van der Waals surface area contributed by atoms with Gasteiger partial charge in [-0.15, -0.1) is 0 Å². The van der Waals surface area contributed by atoms with E-state index in [0.29, 0.717) is 18.7 Å². The number of anilines is 1. The second kappa shape index (κ2) is 8.69. The van der Waals surface area contributed by atoms with Crippen molar-refractivity contribution in [2.24, 2.45) is 0 Å². The second-order valence-corrected chi connectivity index (χ2v) is 4.79. The maximum absolute atomic E-state index is 12.0. The van der Waals surface area contributed by atoms with Crippen LogP contribution in [0.25, 0.3) is 0 Å². The van der Waals surface area contributed by atoms with Crippen molar-refractivity contribution < 1.29 is 24.4 Å². The molecule has 0 radical (unpaired) electrons. The van der Waals surface area contributed by atoms with Crippen LogP contribution >= 0.6 is 0 Å². The molecule has 0 atom stereocenters. The monoisotopic (exact) mass is 325 g/mol. The Labute approximate surface area is 133 Å². The van der Waals surface area contributed by atoms with Gasteiger partial charge in [0.25, 0.3) is 5.69 Å². The Morgan fingerprint density at radius 2 is 2.09 bits per heavy atom. The van der Waals surface area contributed by atoms with Crippen molar-refractivity contribution in [3.8, 4) is 5.75 Å². The largest absolute Gasteiger partial charge is 0.496 e. The Morgan fingerprint density at radius 1 is 1.39 bits per heavy atom. The minimum absolute atomic E-state index is 0.0348. The highest BCUT2D eigenvalue weighted by molar-refractivity contribution is 5.94. The van der Waals surface area contributed by atoms with Crippen LogP contribution in [0.5, 0.6) is 5.75 Å². The zero-order valence-electron chi connectivity index (χ0n) is 12.9. The van der Waals surface area contributed by atoms with Crippen LogP contribution < -0.4 is 10.1 Å². The van der Waals surface area contributed by atoms with Crippen molar-refractivity contribution >= 4 is 23.3 Å². The predicted molar refractivity (Wildman–Crippen MR) is 82.6 cm³/mol. The van der Waals surface area contributed by atoms with Gasteiger partial charge in [-0.25, -0.2) is 0 Å². The zero-order valence-corrected chi connectivity index (χ0v) is 12.9. The number of carbonyl (C=O) groups excluding carboxylic acids is 1. The number of aliphatic carboxylic acids is 1. The van der Waals surface area contributed by atoms with Crippen LogP contribution in [0.15, 0.2) is 18.2 Å². The summed E-state index contributed by atoms with van der Waals surface area (Å²) >= 11 is 0. The number of nitro benzene ring substituents is 1. The van der Waals surface area contributed by atoms with Gasteiger partial charge in [0.2, 0.25) is 5.91 Å². The smallest absolute Gasteiger partial charge is 0.317 e. The molecule has 1 aromatic rings. The minimum atomic E-state index is -1.04. The first-order chi connectivity index (χ1) is 10.9. The number of carboxylic acids is 1. The summed E-state index contributed by atoms with van der Waals surface area (Å²) < 4.78 is 4.91. The van der Waals surface area contributed by atoms with E-state index in [2.05, 4.69) is 5.32 Å². The Kier molecular flexibility index (Phi) is 6.94. The van der Waals surface area contributed by atoms with Gasteiger partial charge in [-0.1, -0.05) is 6.92 Å². The Bertz CT molecular complexity index is 590. The molecule has 0 aliphatic heterocycles. The molecule has 0 saturated carbocycles. The maximum atomic E-state index is 12.0. The van der Waals surface area contributed by atoms with Crippen LogP contribution in [0.1, 0.15) is 13.3 Å². The molecule has 9 heteroatoms. The lowest BCUT2D eigenvalue weighted by atomic mass is 10.2. The first-order valence-corrected chi connectivity index (χ1v) is 6.93. The van der Waals surface area contributed by atoms with Crippen LogP contribution in [0.3, 0.4) is 0 Å². The Hall–Kier alpha value is -2.68. The Morgan fingerprint density at radius 3 is 2.61 bits per heavy atom. The van der Waals surface area contributed by atoms with E-state index in [-0.39, 0.29) is 24.5 Å². The lowest BCUT2D eigenvalue weighted by Crippen LogP contribution is -2.37. The van der Waals surface area contributed by atoms with Crippen molar-refractivity contribution in [3.05, 3.63) is 28.3 Å². The molecule has 126 valence electrons. The fourth-order valence-electron chi connectivity index (χ4n) is 2.01. The molecular weight excluding hydrogens is 306 g/mol. The molecule has 2 N–H and O–H groups in total. The summed E-state index contributed by atoms with van der Waals surface area (Å²) in [6.07, 6.45) is 0.684. The standard InChI is InChI=1S/C14H19N3O6/c1-3-6-16(9-14(19)20)8-13(18)15-11-5-4-10(23-2)7-12(11)17(21)22/h4-5,7H,3,6,8-9H2,1-2H3,(H,15,18)(H,19,20). The molecule has 1 aromatic carbocycles. The molecule has 23 heavy (non-hydrogen) atoms. The molecule has 0 fully saturated rings. The number of carboxylic acid groups (broad SMARTS) is 1. The maximum Gasteiger partial charge on any atom is 0.317 e. The molecule has 0 unspecified atom stereocenters. The van der Waals surface area contributed by atoms with E-state index in [9.17, 15) is 19.7 Å². The summed E-state index contributed by atoms with van der Waals surface area (Å²) in [5.41, 5.74) is -0.259. The van der Waals surface area contributed by atoms with Gasteiger partial charge in [0.05, 0.1) is 31.2 Å². The third-order valence-corrected chi connectivity index (χ3v) is 2.94. The number of ether oxygens (including phenoxy) is 1. The summed E-state index contributed by atoms with van der Waals surface area (Å²) in [6.45, 7) is 1.86. The van der Waals surface area contributed by atoms with E-state index in [1.807, 2.05) is 6.92 Å². The first kappa shape index (κ1) is 18.4. The quantitative estimate of drug-likeness (QED) is 0.519. The topological polar surface area (TPSA) is 122 Å². The number of amides is 1. The molecule has 1 amide bonds. The zero-order chi connectivity index (χ0) is 17.4. The van der Waals surface area contributed by atoms with Gasteiger partial charge in [-0.2, -0.15) is 0 Å². The average Bonchev–Trinajstić information content (AvgIpc) is 2.46. The minimum Gasteiger partial charge on any atom is -0.496 e. The number of benzene rings is 1. The van der Waals surface area contributed by atoms with Crippen LogP contribution in [0, 0.1) is 10.1 Å². The summed E-state index contributed by atoms with van der Waals surface area (Å²) in [5, 5.41) is 22.3. The molecular formula is C14H19N3O6. The molecule has 0 aliphatic carbocycles. The highest BCUT2D eigenvalue weighted by Gasteiger charge is 2.19.